The standard InChI is InChI=1S/C19H20F2N8O/c1-9(13-6-5-12(20)7-14(13)21)23-18-25-17(22)26-19(27-18)24-16-8-15(11-3-4-11)29(28-16)10(2)30/h5-9,11H,3-4H2,1-2H3,(H4,22,23,24,25,26,27,28). The van der Waals surface area contributed by atoms with E-state index in [2.05, 4.69) is 30.7 Å². The molecule has 0 radical (unpaired) electrons. The summed E-state index contributed by atoms with van der Waals surface area (Å²) in [4.78, 5) is 24.1. The van der Waals surface area contributed by atoms with E-state index >= 15 is 0 Å². The van der Waals surface area contributed by atoms with E-state index in [1.807, 2.05) is 0 Å². The molecule has 156 valence electrons. The zero-order valence-electron chi connectivity index (χ0n) is 16.4. The first kappa shape index (κ1) is 19.7. The van der Waals surface area contributed by atoms with Crippen LogP contribution < -0.4 is 16.4 Å². The fraction of sp³-hybridized carbons (Fsp3) is 0.316. The Hall–Kier alpha value is -3.63. The summed E-state index contributed by atoms with van der Waals surface area (Å²) in [5, 5.41) is 10.1. The molecular weight excluding hydrogens is 394 g/mol. The first-order chi connectivity index (χ1) is 14.3. The summed E-state index contributed by atoms with van der Waals surface area (Å²) >= 11 is 0. The number of nitrogens with one attached hydrogen (secondary N) is 2. The van der Waals surface area contributed by atoms with Crippen LogP contribution >= 0.6 is 0 Å². The second-order valence-corrected chi connectivity index (χ2v) is 7.16. The van der Waals surface area contributed by atoms with E-state index in [1.165, 1.54) is 23.7 Å². The van der Waals surface area contributed by atoms with Gasteiger partial charge in [0, 0.05) is 30.5 Å². The maximum Gasteiger partial charge on any atom is 0.244 e. The van der Waals surface area contributed by atoms with Crippen LogP contribution in [-0.2, 0) is 0 Å². The van der Waals surface area contributed by atoms with Gasteiger partial charge in [-0.3, -0.25) is 4.79 Å². The number of rotatable bonds is 6. The summed E-state index contributed by atoms with van der Waals surface area (Å²) < 4.78 is 28.5. The van der Waals surface area contributed by atoms with Crippen molar-refractivity contribution >= 4 is 29.6 Å². The van der Waals surface area contributed by atoms with Crippen molar-refractivity contribution in [3.8, 4) is 0 Å². The Morgan fingerprint density at radius 1 is 1.20 bits per heavy atom. The summed E-state index contributed by atoms with van der Waals surface area (Å²) in [5.74, 6) is -0.632. The Morgan fingerprint density at radius 3 is 2.60 bits per heavy atom. The van der Waals surface area contributed by atoms with Crippen molar-refractivity contribution in [2.45, 2.75) is 38.6 Å². The number of carbonyl (C=O) groups is 1. The molecule has 2 aromatic heterocycles. The van der Waals surface area contributed by atoms with E-state index in [0.29, 0.717) is 11.7 Å². The number of nitrogens with two attached hydrogens (primary N) is 1. The van der Waals surface area contributed by atoms with Gasteiger partial charge in [0.05, 0.1) is 11.7 Å². The molecule has 1 aliphatic rings. The van der Waals surface area contributed by atoms with Crippen LogP contribution in [0.5, 0.6) is 0 Å². The van der Waals surface area contributed by atoms with Crippen molar-refractivity contribution in [2.24, 2.45) is 0 Å². The minimum Gasteiger partial charge on any atom is -0.368 e. The molecule has 4 rings (SSSR count). The van der Waals surface area contributed by atoms with Crippen LogP contribution in [0.3, 0.4) is 0 Å². The number of hydrogen-bond donors (Lipinski definition) is 3. The van der Waals surface area contributed by atoms with Crippen LogP contribution in [0.1, 0.15) is 54.7 Å². The first-order valence-corrected chi connectivity index (χ1v) is 9.41. The molecule has 1 fully saturated rings. The monoisotopic (exact) mass is 414 g/mol. The number of halogens is 2. The van der Waals surface area contributed by atoms with Gasteiger partial charge < -0.3 is 16.4 Å². The van der Waals surface area contributed by atoms with Crippen LogP contribution in [0, 0.1) is 11.6 Å². The van der Waals surface area contributed by atoms with Crippen molar-refractivity contribution in [3.63, 3.8) is 0 Å². The Kier molecular flexibility index (Phi) is 5.02. The fourth-order valence-electron chi connectivity index (χ4n) is 3.13. The molecule has 0 amide bonds. The molecule has 2 heterocycles. The number of aromatic nitrogens is 5. The highest BCUT2D eigenvalue weighted by molar-refractivity contribution is 5.77. The summed E-state index contributed by atoms with van der Waals surface area (Å²) in [5.41, 5.74) is 6.86. The Balaban J connectivity index is 1.55. The molecule has 1 aliphatic carbocycles. The predicted molar refractivity (Wildman–Crippen MR) is 106 cm³/mol. The highest BCUT2D eigenvalue weighted by Gasteiger charge is 2.29. The maximum atomic E-state index is 14.0. The molecule has 0 spiro atoms. The molecule has 1 unspecified atom stereocenters. The summed E-state index contributed by atoms with van der Waals surface area (Å²) in [7, 11) is 0. The van der Waals surface area contributed by atoms with E-state index in [1.54, 1.807) is 13.0 Å². The average molecular weight is 414 g/mol. The lowest BCUT2D eigenvalue weighted by Gasteiger charge is -2.15. The van der Waals surface area contributed by atoms with Gasteiger partial charge in [-0.2, -0.15) is 15.0 Å². The predicted octanol–water partition coefficient (Wildman–Crippen LogP) is 3.38. The molecule has 4 N–H and O–H groups in total. The summed E-state index contributed by atoms with van der Waals surface area (Å²) in [6.45, 7) is 3.13. The van der Waals surface area contributed by atoms with Crippen LogP contribution in [0.2, 0.25) is 0 Å². The number of nitrogens with zero attached hydrogens (tertiary/aromatic N) is 5. The van der Waals surface area contributed by atoms with Gasteiger partial charge in [-0.1, -0.05) is 6.07 Å². The fourth-order valence-corrected chi connectivity index (χ4v) is 3.13. The van der Waals surface area contributed by atoms with E-state index in [9.17, 15) is 13.6 Å². The van der Waals surface area contributed by atoms with Gasteiger partial charge in [-0.25, -0.2) is 13.5 Å². The minimum atomic E-state index is -0.683. The van der Waals surface area contributed by atoms with Crippen LogP contribution in [0.4, 0.5) is 32.4 Å². The molecule has 30 heavy (non-hydrogen) atoms. The van der Waals surface area contributed by atoms with Gasteiger partial charge in [0.15, 0.2) is 5.82 Å². The summed E-state index contributed by atoms with van der Waals surface area (Å²) in [6, 6.07) is 4.56. The van der Waals surface area contributed by atoms with Crippen molar-refractivity contribution < 1.29 is 13.6 Å². The molecule has 1 aromatic carbocycles. The van der Waals surface area contributed by atoms with Gasteiger partial charge in [-0.05, 0) is 25.8 Å². The van der Waals surface area contributed by atoms with E-state index in [-0.39, 0.29) is 29.3 Å². The Morgan fingerprint density at radius 2 is 1.93 bits per heavy atom. The molecule has 0 bridgehead atoms. The van der Waals surface area contributed by atoms with Gasteiger partial charge >= 0.3 is 0 Å². The van der Waals surface area contributed by atoms with Gasteiger partial charge in [0.25, 0.3) is 0 Å². The second-order valence-electron chi connectivity index (χ2n) is 7.16. The smallest absolute Gasteiger partial charge is 0.244 e. The lowest BCUT2D eigenvalue weighted by molar-refractivity contribution is 0.0918. The quantitative estimate of drug-likeness (QED) is 0.561. The number of carbonyl (C=O) groups excluding carboxylic acids is 1. The highest BCUT2D eigenvalue weighted by Crippen LogP contribution is 2.41. The van der Waals surface area contributed by atoms with Crippen molar-refractivity contribution in [1.29, 1.82) is 0 Å². The van der Waals surface area contributed by atoms with Crippen molar-refractivity contribution in [1.82, 2.24) is 24.7 Å². The van der Waals surface area contributed by atoms with Gasteiger partial charge in [-0.15, -0.1) is 5.10 Å². The Labute approximate surface area is 170 Å². The highest BCUT2D eigenvalue weighted by atomic mass is 19.1. The van der Waals surface area contributed by atoms with E-state index < -0.39 is 17.7 Å². The third-order valence-electron chi connectivity index (χ3n) is 4.70. The summed E-state index contributed by atoms with van der Waals surface area (Å²) in [6.07, 6.45) is 2.03. The third-order valence-corrected chi connectivity index (χ3v) is 4.70. The lowest BCUT2D eigenvalue weighted by Crippen LogP contribution is -2.14. The molecule has 3 aromatic rings. The Bertz CT molecular complexity index is 1110. The molecule has 1 saturated carbocycles. The SMILES string of the molecule is CC(=O)n1nc(Nc2nc(N)nc(NC(C)c3ccc(F)cc3F)n2)cc1C1CC1. The van der Waals surface area contributed by atoms with Crippen LogP contribution in [0.25, 0.3) is 0 Å². The number of hydrogen-bond acceptors (Lipinski definition) is 8. The first-order valence-electron chi connectivity index (χ1n) is 9.41. The molecule has 1 atom stereocenters. The molecule has 11 heteroatoms. The van der Waals surface area contributed by atoms with Gasteiger partial charge in [0.2, 0.25) is 23.8 Å². The molecule has 0 saturated heterocycles. The number of anilines is 4. The maximum absolute atomic E-state index is 14.0. The number of benzene rings is 1. The van der Waals surface area contributed by atoms with Crippen molar-refractivity contribution in [3.05, 3.63) is 47.2 Å². The normalized spacial score (nSPS) is 14.4. The molecular formula is C19H20F2N8O. The van der Waals surface area contributed by atoms with E-state index in [0.717, 1.165) is 24.6 Å². The van der Waals surface area contributed by atoms with Gasteiger partial charge in [0.1, 0.15) is 11.6 Å². The second kappa shape index (κ2) is 7.65. The lowest BCUT2D eigenvalue weighted by atomic mass is 10.1. The van der Waals surface area contributed by atoms with Crippen LogP contribution in [0.15, 0.2) is 24.3 Å². The van der Waals surface area contributed by atoms with E-state index in [4.69, 9.17) is 5.73 Å². The third kappa shape index (κ3) is 4.19. The zero-order chi connectivity index (χ0) is 21.4. The van der Waals surface area contributed by atoms with Crippen molar-refractivity contribution in [2.75, 3.05) is 16.4 Å². The minimum absolute atomic E-state index is 0.0600. The average Bonchev–Trinajstić information content (AvgIpc) is 3.41. The molecule has 9 nitrogen and oxygen atoms in total. The topological polar surface area (TPSA) is 124 Å². The number of nitrogen functional groups attached to an aromatic ring is 1. The zero-order valence-corrected chi connectivity index (χ0v) is 16.4. The van der Waals surface area contributed by atoms with Crippen LogP contribution in [-0.4, -0.2) is 30.6 Å². The molecule has 0 aliphatic heterocycles. The largest absolute Gasteiger partial charge is 0.368 e.